The van der Waals surface area contributed by atoms with Gasteiger partial charge in [0, 0.05) is 5.56 Å². The van der Waals surface area contributed by atoms with Gasteiger partial charge in [0.2, 0.25) is 0 Å². The van der Waals surface area contributed by atoms with Crippen LogP contribution in [0.15, 0.2) is 182 Å². The Morgan fingerprint density at radius 3 is 0.603 bits per heavy atom. The Labute approximate surface area is 345 Å². The lowest BCUT2D eigenvalue weighted by Gasteiger charge is -2.06. The topological polar surface area (TPSA) is 0 Å². The van der Waals surface area contributed by atoms with Gasteiger partial charge in [-0.3, -0.25) is 0 Å². The fourth-order valence-electron chi connectivity index (χ4n) is 6.08. The fourth-order valence-corrected chi connectivity index (χ4v) is 6.08. The number of rotatable bonds is 4. The van der Waals surface area contributed by atoms with Crippen molar-refractivity contribution in [1.82, 2.24) is 0 Å². The Kier molecular flexibility index (Phi) is 15.2. The molecular weight excluding hydrogens is 711 g/mol. The minimum atomic E-state index is -0.774. The molecule has 0 aromatic heterocycles. The molecule has 0 aliphatic heterocycles. The molecule has 0 radical (unpaired) electrons. The van der Waals surface area contributed by atoms with Crippen LogP contribution in [0.4, 0.5) is 8.78 Å². The highest BCUT2D eigenvalue weighted by Gasteiger charge is 2.12. The smallest absolute Gasteiger partial charge is 0.166 e. The molecule has 0 bridgehead atoms. The summed E-state index contributed by atoms with van der Waals surface area (Å²) in [6.07, 6.45) is 0. The van der Waals surface area contributed by atoms with E-state index in [9.17, 15) is 8.78 Å². The highest BCUT2D eigenvalue weighted by Crippen LogP contribution is 2.27. The molecule has 58 heavy (non-hydrogen) atoms. The first-order valence-electron chi connectivity index (χ1n) is 19.8. The second-order valence-corrected chi connectivity index (χ2v) is 15.1. The molecule has 0 atom stereocenters. The van der Waals surface area contributed by atoms with E-state index in [1.807, 2.05) is 19.1 Å². The van der Waals surface area contributed by atoms with Crippen molar-refractivity contribution in [2.75, 3.05) is 0 Å². The van der Waals surface area contributed by atoms with Crippen molar-refractivity contribution in [3.63, 3.8) is 0 Å². The van der Waals surface area contributed by atoms with Gasteiger partial charge in [0.1, 0.15) is 0 Å². The number of benzene rings is 8. The van der Waals surface area contributed by atoms with Crippen molar-refractivity contribution in [2.24, 2.45) is 0 Å². The maximum absolute atomic E-state index is 13.7. The second kappa shape index (κ2) is 20.7. The Balaban J connectivity index is 0.000000148. The molecule has 0 saturated heterocycles. The number of hydrogen-bond acceptors (Lipinski definition) is 0. The average Bonchev–Trinajstić information content (AvgIpc) is 3.23. The molecular formula is C56H54F2. The van der Waals surface area contributed by atoms with Gasteiger partial charge >= 0.3 is 0 Å². The first-order chi connectivity index (χ1) is 27.9. The van der Waals surface area contributed by atoms with Crippen LogP contribution in [-0.4, -0.2) is 0 Å². The molecule has 8 aromatic rings. The predicted molar refractivity (Wildman–Crippen MR) is 245 cm³/mol. The van der Waals surface area contributed by atoms with E-state index in [1.165, 1.54) is 66.8 Å². The van der Waals surface area contributed by atoms with Gasteiger partial charge < -0.3 is 0 Å². The third-order valence-electron chi connectivity index (χ3n) is 9.95. The second-order valence-electron chi connectivity index (χ2n) is 15.1. The summed E-state index contributed by atoms with van der Waals surface area (Å²) in [5, 5.41) is 0. The van der Waals surface area contributed by atoms with Crippen LogP contribution < -0.4 is 0 Å². The van der Waals surface area contributed by atoms with Gasteiger partial charge in [-0.05, 0) is 99.9 Å². The Hall–Kier alpha value is -6.38. The zero-order chi connectivity index (χ0) is 41.6. The summed E-state index contributed by atoms with van der Waals surface area (Å²) in [5.74, 6) is -1.54. The van der Waals surface area contributed by atoms with E-state index < -0.39 is 11.6 Å². The van der Waals surface area contributed by atoms with Crippen LogP contribution in [0.3, 0.4) is 0 Å². The van der Waals surface area contributed by atoms with Gasteiger partial charge in [-0.15, -0.1) is 0 Å². The van der Waals surface area contributed by atoms with Gasteiger partial charge in [-0.2, -0.15) is 0 Å². The van der Waals surface area contributed by atoms with Gasteiger partial charge in [-0.25, -0.2) is 8.78 Å². The molecule has 0 fully saturated rings. The maximum atomic E-state index is 13.7. The van der Waals surface area contributed by atoms with E-state index in [4.69, 9.17) is 0 Å². The van der Waals surface area contributed by atoms with Crippen LogP contribution >= 0.6 is 0 Å². The molecule has 0 nitrogen and oxygen atoms in total. The molecule has 0 saturated carbocycles. The standard InChI is InChI=1S/C14H12F2.3C14H14/c1-9-3-6-11(7-4-9)12-8-5-10(2)13(15)14(12)16;3*1-11-3-7-13(8-4-11)14-9-5-12(2)6-10-14/h3-8H,1-2H3;3*3-10H,1-2H3. The van der Waals surface area contributed by atoms with Gasteiger partial charge in [0.15, 0.2) is 11.6 Å². The molecule has 0 heterocycles. The minimum absolute atomic E-state index is 0.308. The molecule has 0 aliphatic rings. The van der Waals surface area contributed by atoms with Crippen molar-refractivity contribution >= 4 is 0 Å². The van der Waals surface area contributed by atoms with E-state index in [1.54, 1.807) is 31.2 Å². The zero-order valence-electron chi connectivity index (χ0n) is 35.1. The summed E-state index contributed by atoms with van der Waals surface area (Å²) >= 11 is 0. The molecule has 0 amide bonds. The molecule has 292 valence electrons. The Bertz CT molecular complexity index is 2120. The van der Waals surface area contributed by atoms with E-state index in [0.717, 1.165) is 5.56 Å². The predicted octanol–water partition coefficient (Wildman–Crippen LogP) is 16.2. The summed E-state index contributed by atoms with van der Waals surface area (Å²) in [7, 11) is 0. The molecule has 0 aliphatic carbocycles. The van der Waals surface area contributed by atoms with Crippen molar-refractivity contribution in [3.8, 4) is 44.5 Å². The van der Waals surface area contributed by atoms with Crippen LogP contribution in [-0.2, 0) is 0 Å². The normalized spacial score (nSPS) is 10.2. The van der Waals surface area contributed by atoms with Crippen LogP contribution in [0.5, 0.6) is 0 Å². The quantitative estimate of drug-likeness (QED) is 0.167. The van der Waals surface area contributed by atoms with E-state index in [0.29, 0.717) is 16.7 Å². The zero-order valence-corrected chi connectivity index (χ0v) is 35.1. The maximum Gasteiger partial charge on any atom is 0.166 e. The number of hydrogen-bond donors (Lipinski definition) is 0. The third kappa shape index (κ3) is 12.6. The summed E-state index contributed by atoms with van der Waals surface area (Å²) in [5.41, 5.74) is 18.0. The minimum Gasteiger partial charge on any atom is -0.203 e. The summed E-state index contributed by atoms with van der Waals surface area (Å²) in [6, 6.07) is 62.3. The molecule has 0 unspecified atom stereocenters. The molecule has 2 heteroatoms. The average molecular weight is 765 g/mol. The third-order valence-corrected chi connectivity index (χ3v) is 9.95. The van der Waals surface area contributed by atoms with E-state index in [-0.39, 0.29) is 0 Å². The van der Waals surface area contributed by atoms with Crippen LogP contribution in [0.25, 0.3) is 44.5 Å². The van der Waals surface area contributed by atoms with E-state index >= 15 is 0 Å². The van der Waals surface area contributed by atoms with Gasteiger partial charge in [-0.1, -0.05) is 221 Å². The van der Waals surface area contributed by atoms with Crippen LogP contribution in [0.2, 0.25) is 0 Å². The van der Waals surface area contributed by atoms with Gasteiger partial charge in [0.05, 0.1) is 0 Å². The first-order valence-corrected chi connectivity index (χ1v) is 19.8. The molecule has 0 N–H and O–H groups in total. The summed E-state index contributed by atoms with van der Waals surface area (Å²) in [4.78, 5) is 0. The molecule has 8 rings (SSSR count). The molecule has 8 aromatic carbocycles. The number of halogens is 2. The molecule has 0 spiro atoms. The lowest BCUT2D eigenvalue weighted by Crippen LogP contribution is -1.92. The highest BCUT2D eigenvalue weighted by atomic mass is 19.2. The summed E-state index contributed by atoms with van der Waals surface area (Å²) < 4.78 is 27.1. The van der Waals surface area contributed by atoms with Crippen LogP contribution in [0, 0.1) is 67.0 Å². The largest absolute Gasteiger partial charge is 0.203 e. The van der Waals surface area contributed by atoms with Crippen molar-refractivity contribution in [1.29, 1.82) is 0 Å². The highest BCUT2D eigenvalue weighted by molar-refractivity contribution is 5.66. The first kappa shape index (κ1) is 42.8. The van der Waals surface area contributed by atoms with E-state index in [2.05, 4.69) is 187 Å². The summed E-state index contributed by atoms with van der Waals surface area (Å²) in [6.45, 7) is 16.2. The van der Waals surface area contributed by atoms with Crippen molar-refractivity contribution in [3.05, 3.63) is 238 Å². The lowest BCUT2D eigenvalue weighted by molar-refractivity contribution is 0.505. The lowest BCUT2D eigenvalue weighted by atomic mass is 10.0. The Morgan fingerprint density at radius 2 is 0.397 bits per heavy atom. The Morgan fingerprint density at radius 1 is 0.207 bits per heavy atom. The SMILES string of the molecule is Cc1ccc(-c2ccc(C)c(F)c2F)cc1.Cc1ccc(-c2ccc(C)cc2)cc1.Cc1ccc(-c2ccc(C)cc2)cc1.Cc1ccc(-c2ccc(C)cc2)cc1. The number of aryl methyl sites for hydroxylation is 8. The van der Waals surface area contributed by atoms with Crippen molar-refractivity contribution in [2.45, 2.75) is 55.4 Å². The van der Waals surface area contributed by atoms with Crippen LogP contribution in [0.1, 0.15) is 44.5 Å². The monoisotopic (exact) mass is 764 g/mol. The fraction of sp³-hybridized carbons (Fsp3) is 0.143. The van der Waals surface area contributed by atoms with Gasteiger partial charge in [0.25, 0.3) is 0 Å². The van der Waals surface area contributed by atoms with Crippen molar-refractivity contribution < 1.29 is 8.78 Å².